The van der Waals surface area contributed by atoms with E-state index in [0.717, 1.165) is 46.6 Å². The molecular weight excluding hydrogens is 448 g/mol. The number of pyridine rings is 2. The van der Waals surface area contributed by atoms with E-state index in [0.29, 0.717) is 0 Å². The highest BCUT2D eigenvalue weighted by Gasteiger charge is 2.38. The van der Waals surface area contributed by atoms with E-state index in [4.69, 9.17) is 19.9 Å². The van der Waals surface area contributed by atoms with Gasteiger partial charge in [0.15, 0.2) is 0 Å². The molecule has 0 radical (unpaired) electrons. The van der Waals surface area contributed by atoms with E-state index in [2.05, 4.69) is 77.4 Å². The van der Waals surface area contributed by atoms with Crippen LogP contribution in [0.4, 0.5) is 5.82 Å². The van der Waals surface area contributed by atoms with Crippen LogP contribution in [0.3, 0.4) is 0 Å². The molecule has 1 saturated heterocycles. The van der Waals surface area contributed by atoms with Gasteiger partial charge >= 0.3 is 0 Å². The molecule has 184 valence electrons. The van der Waals surface area contributed by atoms with Gasteiger partial charge in [-0.1, -0.05) is 54.6 Å². The molecule has 6 rings (SSSR count). The summed E-state index contributed by atoms with van der Waals surface area (Å²) >= 11 is 0. The quantitative estimate of drug-likeness (QED) is 0.446. The molecule has 1 aliphatic heterocycles. The molecule has 2 fully saturated rings. The number of quaternary nitrogens is 1. The molecule has 0 atom stereocenters. The lowest BCUT2D eigenvalue weighted by molar-refractivity contribution is -0.509. The van der Waals surface area contributed by atoms with Crippen LogP contribution < -0.4 is 15.7 Å². The Labute approximate surface area is 211 Å². The summed E-state index contributed by atoms with van der Waals surface area (Å²) in [7, 11) is 0. The van der Waals surface area contributed by atoms with Crippen molar-refractivity contribution in [3.05, 3.63) is 78.5 Å². The molecule has 6 heteroatoms. The number of carbonyl (C=O) groups is 1. The Kier molecular flexibility index (Phi) is 6.96. The zero-order valence-corrected chi connectivity index (χ0v) is 20.5. The first-order valence-corrected chi connectivity index (χ1v) is 12.7. The lowest BCUT2D eigenvalue weighted by Crippen LogP contribution is -2.73. The van der Waals surface area contributed by atoms with Crippen LogP contribution in [0.5, 0.6) is 0 Å². The topological polar surface area (TPSA) is 96.8 Å². The average molecular weight is 481 g/mol. The number of piperidine rings is 1. The van der Waals surface area contributed by atoms with Crippen molar-refractivity contribution in [2.24, 2.45) is 0 Å². The van der Waals surface area contributed by atoms with Crippen molar-refractivity contribution in [2.75, 3.05) is 18.0 Å². The van der Waals surface area contributed by atoms with Gasteiger partial charge in [-0.25, -0.2) is 9.97 Å². The highest BCUT2D eigenvalue weighted by atomic mass is 16.3. The molecular formula is C30H32N4O2. The van der Waals surface area contributed by atoms with Gasteiger partial charge in [0, 0.05) is 60.7 Å². The molecule has 1 saturated carbocycles. The number of fused-ring (bicyclic) bond motifs is 1. The Balaban J connectivity index is 0.000000848. The summed E-state index contributed by atoms with van der Waals surface area (Å²) in [5, 5.41) is 9.39. The van der Waals surface area contributed by atoms with Gasteiger partial charge in [0.25, 0.3) is 0 Å². The third kappa shape index (κ3) is 4.69. The molecule has 3 N–H and O–H groups in total. The van der Waals surface area contributed by atoms with E-state index in [1.807, 2.05) is 6.20 Å². The molecule has 4 aromatic rings. The lowest BCUT2D eigenvalue weighted by Gasteiger charge is -2.34. The Hall–Kier alpha value is -3.77. The van der Waals surface area contributed by atoms with Crippen LogP contribution >= 0.6 is 0 Å². The second-order valence-corrected chi connectivity index (χ2v) is 9.81. The Morgan fingerprint density at radius 1 is 0.889 bits per heavy atom. The van der Waals surface area contributed by atoms with Crippen molar-refractivity contribution in [3.8, 4) is 22.4 Å². The number of carbonyl (C=O) groups excluding carboxylic acids is 1. The van der Waals surface area contributed by atoms with Crippen molar-refractivity contribution < 1.29 is 15.6 Å². The van der Waals surface area contributed by atoms with Gasteiger partial charge in [0.2, 0.25) is 0 Å². The molecule has 0 unspecified atom stereocenters. The standard InChI is InChI=1S/C29H30N4.CH2O2/c30-29(15-7-16-29)23-12-10-22(11-13-23)27-24(21-8-3-1-4-9-21)20-25-26(32-27)14-17-31-28(25)33-18-5-2-6-19-33;2-1-3/h1,3-4,8-14,17,20H,2,5-7,15-16,18-19,30H2;1H,(H,2,3). The van der Waals surface area contributed by atoms with Gasteiger partial charge in [0.1, 0.15) is 11.4 Å². The molecule has 2 aliphatic rings. The van der Waals surface area contributed by atoms with Crippen LogP contribution in [-0.4, -0.2) is 29.5 Å². The fourth-order valence-corrected chi connectivity index (χ4v) is 5.37. The minimum absolute atomic E-state index is 0.104. The van der Waals surface area contributed by atoms with E-state index in [1.165, 1.54) is 49.7 Å². The van der Waals surface area contributed by atoms with E-state index in [1.54, 1.807) is 0 Å². The van der Waals surface area contributed by atoms with E-state index < -0.39 is 6.47 Å². The maximum Gasteiger partial charge on any atom is 0.138 e. The summed E-state index contributed by atoms with van der Waals surface area (Å²) in [5.41, 5.74) is 11.5. The number of hydrogen-bond donors (Lipinski definition) is 1. The largest absolute Gasteiger partial charge is 0.554 e. The first-order valence-electron chi connectivity index (χ1n) is 12.7. The lowest BCUT2D eigenvalue weighted by atomic mass is 9.72. The highest BCUT2D eigenvalue weighted by Crippen LogP contribution is 2.39. The summed E-state index contributed by atoms with van der Waals surface area (Å²) < 4.78 is 0. The number of hydrogen-bond acceptors (Lipinski definition) is 5. The van der Waals surface area contributed by atoms with Crippen molar-refractivity contribution >= 4 is 23.2 Å². The van der Waals surface area contributed by atoms with Crippen molar-refractivity contribution in [3.63, 3.8) is 0 Å². The summed E-state index contributed by atoms with van der Waals surface area (Å²) in [6.07, 6.45) is 9.33. The van der Waals surface area contributed by atoms with E-state index in [9.17, 15) is 0 Å². The third-order valence-corrected chi connectivity index (χ3v) is 7.54. The number of benzene rings is 2. The predicted molar refractivity (Wildman–Crippen MR) is 141 cm³/mol. The Morgan fingerprint density at radius 3 is 2.22 bits per heavy atom. The molecule has 0 spiro atoms. The first-order chi connectivity index (χ1) is 17.6. The molecule has 6 nitrogen and oxygen atoms in total. The minimum atomic E-state index is -0.500. The maximum atomic E-state index is 8.25. The molecule has 2 aromatic carbocycles. The van der Waals surface area contributed by atoms with Gasteiger partial charge in [-0.3, -0.25) is 0 Å². The SMILES string of the molecule is O=C[O-].[NH3+]C1(c2ccc(-c3nc4ccnc(N5CCCCC5)c4cc3-c3ccccc3)cc2)CCC1. The van der Waals surface area contributed by atoms with Gasteiger partial charge in [-0.05, 0) is 43.4 Å². The second-order valence-electron chi connectivity index (χ2n) is 9.81. The van der Waals surface area contributed by atoms with Gasteiger partial charge < -0.3 is 20.5 Å². The van der Waals surface area contributed by atoms with E-state index >= 15 is 0 Å². The van der Waals surface area contributed by atoms with Gasteiger partial charge in [-0.15, -0.1) is 0 Å². The summed E-state index contributed by atoms with van der Waals surface area (Å²) in [6.45, 7) is 1.64. The number of rotatable bonds is 4. The van der Waals surface area contributed by atoms with E-state index in [-0.39, 0.29) is 5.54 Å². The first kappa shape index (κ1) is 23.9. The maximum absolute atomic E-state index is 8.25. The second kappa shape index (κ2) is 10.5. The van der Waals surface area contributed by atoms with Crippen molar-refractivity contribution in [1.82, 2.24) is 9.97 Å². The molecule has 1 aliphatic carbocycles. The van der Waals surface area contributed by atoms with Crippen molar-refractivity contribution in [2.45, 2.75) is 44.1 Å². The molecule has 2 aromatic heterocycles. The van der Waals surface area contributed by atoms with Gasteiger partial charge in [-0.2, -0.15) is 0 Å². The van der Waals surface area contributed by atoms with Gasteiger partial charge in [0.05, 0.1) is 11.2 Å². The predicted octanol–water partition coefficient (Wildman–Crippen LogP) is 3.94. The number of anilines is 1. The summed E-state index contributed by atoms with van der Waals surface area (Å²) in [4.78, 5) is 20.7. The van der Waals surface area contributed by atoms with Crippen LogP contribution in [-0.2, 0) is 10.3 Å². The zero-order valence-electron chi connectivity index (χ0n) is 20.5. The summed E-state index contributed by atoms with van der Waals surface area (Å²) in [6, 6.07) is 24.0. The van der Waals surface area contributed by atoms with Crippen molar-refractivity contribution in [1.29, 1.82) is 0 Å². The third-order valence-electron chi connectivity index (χ3n) is 7.54. The number of nitrogens with zero attached hydrogens (tertiary/aromatic N) is 3. The smallest absolute Gasteiger partial charge is 0.138 e. The van der Waals surface area contributed by atoms with Crippen LogP contribution in [0.1, 0.15) is 44.1 Å². The molecule has 0 amide bonds. The van der Waals surface area contributed by atoms with Crippen LogP contribution in [0.2, 0.25) is 0 Å². The van der Waals surface area contributed by atoms with Crippen LogP contribution in [0, 0.1) is 0 Å². The fourth-order valence-electron chi connectivity index (χ4n) is 5.37. The van der Waals surface area contributed by atoms with Crippen LogP contribution in [0.15, 0.2) is 72.9 Å². The number of aromatic nitrogens is 2. The Bertz CT molecular complexity index is 1330. The normalized spacial score (nSPS) is 16.5. The summed E-state index contributed by atoms with van der Waals surface area (Å²) in [5.74, 6) is 1.07. The fraction of sp³-hybridized carbons (Fsp3) is 0.300. The molecule has 36 heavy (non-hydrogen) atoms. The highest BCUT2D eigenvalue weighted by molar-refractivity contribution is 5.97. The van der Waals surface area contributed by atoms with Crippen LogP contribution in [0.25, 0.3) is 33.3 Å². The monoisotopic (exact) mass is 480 g/mol. The minimum Gasteiger partial charge on any atom is -0.554 e. The molecule has 0 bridgehead atoms. The zero-order chi connectivity index (χ0) is 25.0. The molecule has 3 heterocycles. The average Bonchev–Trinajstić information content (AvgIpc) is 2.92. The number of carboxylic acid groups (broad SMARTS) is 1. The Morgan fingerprint density at radius 2 is 1.58 bits per heavy atom.